The lowest BCUT2D eigenvalue weighted by atomic mass is 10.1. The number of aryl methyl sites for hydroxylation is 2. The Hall–Kier alpha value is -1.91. The van der Waals surface area contributed by atoms with Crippen LogP contribution in [0.4, 0.5) is 5.82 Å². The number of nitrogens with one attached hydrogen (secondary N) is 1. The van der Waals surface area contributed by atoms with Crippen LogP contribution in [0.15, 0.2) is 18.6 Å². The van der Waals surface area contributed by atoms with Crippen molar-refractivity contribution < 1.29 is 0 Å². The van der Waals surface area contributed by atoms with Gasteiger partial charge in [-0.25, -0.2) is 15.0 Å². The molecular weight excluding hydrogens is 226 g/mol. The summed E-state index contributed by atoms with van der Waals surface area (Å²) < 4.78 is 0. The van der Waals surface area contributed by atoms with Gasteiger partial charge in [0, 0.05) is 42.7 Å². The Morgan fingerprint density at radius 2 is 2.17 bits per heavy atom. The van der Waals surface area contributed by atoms with Crippen LogP contribution < -0.4 is 4.90 Å². The molecule has 3 heterocycles. The van der Waals surface area contributed by atoms with E-state index < -0.39 is 0 Å². The molecule has 3 rings (SSSR count). The van der Waals surface area contributed by atoms with Gasteiger partial charge in [-0.15, -0.1) is 0 Å². The highest BCUT2D eigenvalue weighted by molar-refractivity contribution is 5.40. The molecule has 5 nitrogen and oxygen atoms in total. The fraction of sp³-hybridized carbons (Fsp3) is 0.462. The largest absolute Gasteiger partial charge is 0.356 e. The second kappa shape index (κ2) is 4.40. The lowest BCUT2D eigenvalue weighted by molar-refractivity contribution is 0.720. The lowest BCUT2D eigenvalue weighted by Gasteiger charge is -2.16. The molecule has 94 valence electrons. The van der Waals surface area contributed by atoms with Gasteiger partial charge in [-0.05, 0) is 20.3 Å². The average Bonchev–Trinajstić information content (AvgIpc) is 2.97. The van der Waals surface area contributed by atoms with Gasteiger partial charge in [-0.1, -0.05) is 0 Å². The smallest absolute Gasteiger partial charge is 0.132 e. The molecule has 0 aromatic carbocycles. The number of aromatic nitrogens is 4. The summed E-state index contributed by atoms with van der Waals surface area (Å²) in [6.45, 7) is 6.04. The summed E-state index contributed by atoms with van der Waals surface area (Å²) in [7, 11) is 0. The van der Waals surface area contributed by atoms with Crippen LogP contribution in [0, 0.1) is 13.8 Å². The van der Waals surface area contributed by atoms with E-state index in [-0.39, 0.29) is 0 Å². The molecule has 1 aliphatic rings. The first-order chi connectivity index (χ1) is 8.72. The zero-order valence-corrected chi connectivity index (χ0v) is 10.7. The van der Waals surface area contributed by atoms with Crippen LogP contribution in [0.5, 0.6) is 0 Å². The number of rotatable bonds is 2. The van der Waals surface area contributed by atoms with Gasteiger partial charge in [0.15, 0.2) is 0 Å². The van der Waals surface area contributed by atoms with Crippen molar-refractivity contribution in [2.24, 2.45) is 0 Å². The van der Waals surface area contributed by atoms with Gasteiger partial charge in [0.2, 0.25) is 0 Å². The number of hydrogen-bond acceptors (Lipinski definition) is 4. The maximum absolute atomic E-state index is 4.43. The van der Waals surface area contributed by atoms with Crippen LogP contribution in [0.3, 0.4) is 0 Å². The van der Waals surface area contributed by atoms with E-state index in [9.17, 15) is 0 Å². The van der Waals surface area contributed by atoms with Gasteiger partial charge in [0.05, 0.1) is 0 Å². The van der Waals surface area contributed by atoms with E-state index in [4.69, 9.17) is 0 Å². The summed E-state index contributed by atoms with van der Waals surface area (Å²) in [4.78, 5) is 18.5. The van der Waals surface area contributed by atoms with Gasteiger partial charge in [0.1, 0.15) is 18.0 Å². The van der Waals surface area contributed by atoms with E-state index in [1.165, 1.54) is 0 Å². The van der Waals surface area contributed by atoms with Crippen molar-refractivity contribution in [3.05, 3.63) is 35.8 Å². The maximum Gasteiger partial charge on any atom is 0.132 e. The quantitative estimate of drug-likeness (QED) is 0.874. The minimum absolute atomic E-state index is 0.481. The Balaban J connectivity index is 1.75. The van der Waals surface area contributed by atoms with E-state index in [1.54, 1.807) is 6.33 Å². The number of hydrogen-bond donors (Lipinski definition) is 1. The Labute approximate surface area is 106 Å². The highest BCUT2D eigenvalue weighted by atomic mass is 15.2. The molecule has 2 aromatic heterocycles. The minimum atomic E-state index is 0.481. The molecule has 0 saturated carbocycles. The van der Waals surface area contributed by atoms with Gasteiger partial charge >= 0.3 is 0 Å². The summed E-state index contributed by atoms with van der Waals surface area (Å²) in [6, 6.07) is 2.04. The average molecular weight is 243 g/mol. The Kier molecular flexibility index (Phi) is 2.74. The van der Waals surface area contributed by atoms with Crippen molar-refractivity contribution in [3.8, 4) is 0 Å². The third kappa shape index (κ3) is 2.08. The predicted molar refractivity (Wildman–Crippen MR) is 69.7 cm³/mol. The van der Waals surface area contributed by atoms with Gasteiger partial charge in [0.25, 0.3) is 0 Å². The predicted octanol–water partition coefficient (Wildman–Crippen LogP) is 1.81. The highest BCUT2D eigenvalue weighted by Crippen LogP contribution is 2.28. The van der Waals surface area contributed by atoms with Crippen molar-refractivity contribution >= 4 is 5.82 Å². The first-order valence-corrected chi connectivity index (χ1v) is 6.27. The van der Waals surface area contributed by atoms with Crippen molar-refractivity contribution in [2.75, 3.05) is 18.0 Å². The molecule has 18 heavy (non-hydrogen) atoms. The summed E-state index contributed by atoms with van der Waals surface area (Å²) >= 11 is 0. The number of H-pyrrole nitrogens is 1. The van der Waals surface area contributed by atoms with E-state index in [1.807, 2.05) is 26.1 Å². The molecule has 5 heteroatoms. The molecule has 1 saturated heterocycles. The summed E-state index contributed by atoms with van der Waals surface area (Å²) in [5.74, 6) is 2.60. The molecule has 1 aliphatic heterocycles. The standard InChI is InChI=1S/C13H17N5/c1-9-5-12(16-8-15-9)18-4-3-11(7-18)13-14-6-10(2)17-13/h5-6,8,11H,3-4,7H2,1-2H3,(H,14,17)/t11-/m1/s1. The molecule has 1 fully saturated rings. The molecule has 1 atom stereocenters. The van der Waals surface area contributed by atoms with Crippen LogP contribution in [-0.4, -0.2) is 33.0 Å². The molecule has 0 aliphatic carbocycles. The van der Waals surface area contributed by atoms with Gasteiger partial charge in [-0.3, -0.25) is 0 Å². The maximum atomic E-state index is 4.43. The van der Waals surface area contributed by atoms with Crippen molar-refractivity contribution in [3.63, 3.8) is 0 Å². The third-order valence-corrected chi connectivity index (χ3v) is 3.41. The lowest BCUT2D eigenvalue weighted by Crippen LogP contribution is -2.20. The molecule has 0 spiro atoms. The normalized spacial score (nSPS) is 19.4. The van der Waals surface area contributed by atoms with E-state index >= 15 is 0 Å². The highest BCUT2D eigenvalue weighted by Gasteiger charge is 2.26. The molecule has 0 bridgehead atoms. The number of aromatic amines is 1. The van der Waals surface area contributed by atoms with Crippen molar-refractivity contribution in [1.29, 1.82) is 0 Å². The van der Waals surface area contributed by atoms with Crippen LogP contribution >= 0.6 is 0 Å². The molecule has 2 aromatic rings. The fourth-order valence-electron chi connectivity index (χ4n) is 2.45. The first kappa shape index (κ1) is 11.2. The topological polar surface area (TPSA) is 57.7 Å². The summed E-state index contributed by atoms with van der Waals surface area (Å²) in [6.07, 6.45) is 4.65. The van der Waals surface area contributed by atoms with E-state index in [2.05, 4.69) is 24.8 Å². The van der Waals surface area contributed by atoms with Gasteiger partial charge < -0.3 is 9.88 Å². The molecule has 0 radical (unpaired) electrons. The Morgan fingerprint density at radius 3 is 2.89 bits per heavy atom. The van der Waals surface area contributed by atoms with E-state index in [0.717, 1.165) is 42.5 Å². The molecule has 1 N–H and O–H groups in total. The van der Waals surface area contributed by atoms with Gasteiger partial charge in [-0.2, -0.15) is 0 Å². The van der Waals surface area contributed by atoms with Crippen LogP contribution in [0.1, 0.15) is 29.6 Å². The van der Waals surface area contributed by atoms with Crippen LogP contribution in [0.2, 0.25) is 0 Å². The third-order valence-electron chi connectivity index (χ3n) is 3.41. The second-order valence-electron chi connectivity index (χ2n) is 4.90. The molecule has 0 unspecified atom stereocenters. The molecular formula is C13H17N5. The minimum Gasteiger partial charge on any atom is -0.356 e. The van der Waals surface area contributed by atoms with Crippen LogP contribution in [-0.2, 0) is 0 Å². The molecule has 0 amide bonds. The zero-order valence-electron chi connectivity index (χ0n) is 10.7. The monoisotopic (exact) mass is 243 g/mol. The Bertz CT molecular complexity index is 548. The fourth-order valence-corrected chi connectivity index (χ4v) is 2.45. The van der Waals surface area contributed by atoms with Crippen LogP contribution in [0.25, 0.3) is 0 Å². The number of imidazole rings is 1. The van der Waals surface area contributed by atoms with Crippen molar-refractivity contribution in [1.82, 2.24) is 19.9 Å². The second-order valence-corrected chi connectivity index (χ2v) is 4.90. The number of anilines is 1. The number of nitrogens with zero attached hydrogens (tertiary/aromatic N) is 4. The van der Waals surface area contributed by atoms with E-state index in [0.29, 0.717) is 5.92 Å². The van der Waals surface area contributed by atoms with Crippen molar-refractivity contribution in [2.45, 2.75) is 26.2 Å². The first-order valence-electron chi connectivity index (χ1n) is 6.27. The SMILES string of the molecule is Cc1cc(N2CC[C@@H](c3ncc(C)[nH]3)C2)ncn1. The zero-order chi connectivity index (χ0) is 12.5. The summed E-state index contributed by atoms with van der Waals surface area (Å²) in [5.41, 5.74) is 2.14. The Morgan fingerprint density at radius 1 is 1.28 bits per heavy atom. The summed E-state index contributed by atoms with van der Waals surface area (Å²) in [5, 5.41) is 0.